The molecule has 108 valence electrons. The molecule has 0 aliphatic rings. The zero-order valence-corrected chi connectivity index (χ0v) is 13.1. The molecule has 0 saturated carbocycles. The van der Waals surface area contributed by atoms with Gasteiger partial charge in [0.05, 0.1) is 23.4 Å². The maximum atomic E-state index is 12.1. The van der Waals surface area contributed by atoms with Crippen LogP contribution in [0.5, 0.6) is 5.75 Å². The smallest absolute Gasteiger partial charge is 0.255 e. The highest BCUT2D eigenvalue weighted by Gasteiger charge is 2.17. The molecular weight excluding hydrogens is 287 g/mol. The zero-order chi connectivity index (χ0) is 13.9. The first-order valence-electron chi connectivity index (χ1n) is 5.80. The van der Waals surface area contributed by atoms with E-state index in [-0.39, 0.29) is 24.4 Å². The van der Waals surface area contributed by atoms with E-state index in [9.17, 15) is 4.79 Å². The Morgan fingerprint density at radius 1 is 1.37 bits per heavy atom. The molecule has 1 amide bonds. The van der Waals surface area contributed by atoms with Crippen LogP contribution >= 0.6 is 24.0 Å². The number of benzene rings is 1. The number of ether oxygens (including phenoxy) is 1. The first-order valence-corrected chi connectivity index (χ1v) is 6.18. The standard InChI is InChI=1S/C13H19ClN2O2.ClH/c1-7(2)8(3)16-13(17)9-5-10(14)11(15)6-12(9)18-4;/h5-8H,15H2,1-4H3,(H,16,17);1H. The lowest BCUT2D eigenvalue weighted by Crippen LogP contribution is -2.36. The molecule has 0 bridgehead atoms. The second kappa shape index (κ2) is 7.46. The Kier molecular flexibility index (Phi) is 7.01. The summed E-state index contributed by atoms with van der Waals surface area (Å²) in [7, 11) is 1.49. The highest BCUT2D eigenvalue weighted by atomic mass is 35.5. The number of amides is 1. The van der Waals surface area contributed by atoms with Crippen LogP contribution in [0.2, 0.25) is 5.02 Å². The molecule has 0 spiro atoms. The minimum absolute atomic E-state index is 0. The van der Waals surface area contributed by atoms with Gasteiger partial charge in [-0.15, -0.1) is 12.4 Å². The van der Waals surface area contributed by atoms with E-state index < -0.39 is 0 Å². The van der Waals surface area contributed by atoms with Gasteiger partial charge in [0.25, 0.3) is 5.91 Å². The van der Waals surface area contributed by atoms with Crippen LogP contribution in [0, 0.1) is 5.92 Å². The number of nitrogens with two attached hydrogens (primary N) is 1. The van der Waals surface area contributed by atoms with Crippen LogP contribution in [0.3, 0.4) is 0 Å². The Morgan fingerprint density at radius 2 is 1.95 bits per heavy atom. The lowest BCUT2D eigenvalue weighted by atomic mass is 10.1. The molecule has 1 aromatic carbocycles. The molecule has 1 atom stereocenters. The van der Waals surface area contributed by atoms with Crippen LogP contribution in [0.1, 0.15) is 31.1 Å². The number of hydrogen-bond acceptors (Lipinski definition) is 3. The number of halogens is 2. The fourth-order valence-corrected chi connectivity index (χ4v) is 1.53. The summed E-state index contributed by atoms with van der Waals surface area (Å²) in [6, 6.07) is 3.15. The predicted molar refractivity (Wildman–Crippen MR) is 81.4 cm³/mol. The van der Waals surface area contributed by atoms with E-state index in [1.165, 1.54) is 13.2 Å². The fourth-order valence-electron chi connectivity index (χ4n) is 1.37. The lowest BCUT2D eigenvalue weighted by molar-refractivity contribution is 0.0927. The second-order valence-electron chi connectivity index (χ2n) is 4.58. The van der Waals surface area contributed by atoms with E-state index in [4.69, 9.17) is 22.1 Å². The van der Waals surface area contributed by atoms with E-state index in [0.29, 0.717) is 27.9 Å². The van der Waals surface area contributed by atoms with Crippen molar-refractivity contribution in [1.82, 2.24) is 5.32 Å². The van der Waals surface area contributed by atoms with E-state index in [0.717, 1.165) is 0 Å². The zero-order valence-electron chi connectivity index (χ0n) is 11.5. The number of carbonyl (C=O) groups is 1. The van der Waals surface area contributed by atoms with Crippen LogP contribution in [-0.4, -0.2) is 19.1 Å². The van der Waals surface area contributed by atoms with Gasteiger partial charge in [-0.25, -0.2) is 0 Å². The Labute approximate surface area is 125 Å². The lowest BCUT2D eigenvalue weighted by Gasteiger charge is -2.18. The molecule has 0 radical (unpaired) electrons. The number of anilines is 1. The van der Waals surface area contributed by atoms with Crippen LogP contribution < -0.4 is 15.8 Å². The van der Waals surface area contributed by atoms with Gasteiger partial charge >= 0.3 is 0 Å². The van der Waals surface area contributed by atoms with Crippen molar-refractivity contribution in [2.75, 3.05) is 12.8 Å². The first-order chi connectivity index (χ1) is 8.36. The van der Waals surface area contributed by atoms with Crippen molar-refractivity contribution >= 4 is 35.6 Å². The number of nitrogen functional groups attached to an aromatic ring is 1. The molecule has 1 aromatic rings. The fraction of sp³-hybridized carbons (Fsp3) is 0.462. The highest BCUT2D eigenvalue weighted by molar-refractivity contribution is 6.33. The Morgan fingerprint density at radius 3 is 2.42 bits per heavy atom. The topological polar surface area (TPSA) is 64.3 Å². The van der Waals surface area contributed by atoms with E-state index in [1.54, 1.807) is 6.07 Å². The van der Waals surface area contributed by atoms with Crippen LogP contribution in [0.25, 0.3) is 0 Å². The Hall–Kier alpha value is -1.13. The van der Waals surface area contributed by atoms with Crippen LogP contribution in [-0.2, 0) is 0 Å². The van der Waals surface area contributed by atoms with E-state index in [1.807, 2.05) is 20.8 Å². The average molecular weight is 307 g/mol. The molecule has 0 heterocycles. The van der Waals surface area contributed by atoms with Gasteiger partial charge < -0.3 is 15.8 Å². The monoisotopic (exact) mass is 306 g/mol. The SMILES string of the molecule is COc1cc(N)c(Cl)cc1C(=O)NC(C)C(C)C.Cl. The van der Waals surface area contributed by atoms with Crippen molar-refractivity contribution in [1.29, 1.82) is 0 Å². The summed E-state index contributed by atoms with van der Waals surface area (Å²) in [5, 5.41) is 3.24. The number of carbonyl (C=O) groups excluding carboxylic acids is 1. The second-order valence-corrected chi connectivity index (χ2v) is 4.99. The van der Waals surface area contributed by atoms with Crippen molar-refractivity contribution in [3.63, 3.8) is 0 Å². The number of methoxy groups -OCH3 is 1. The summed E-state index contributed by atoms with van der Waals surface area (Å²) < 4.78 is 5.14. The maximum absolute atomic E-state index is 12.1. The molecule has 1 rings (SSSR count). The van der Waals surface area contributed by atoms with Gasteiger partial charge in [0, 0.05) is 12.1 Å². The van der Waals surface area contributed by atoms with Crippen molar-refractivity contribution in [2.24, 2.45) is 5.92 Å². The minimum Gasteiger partial charge on any atom is -0.496 e. The van der Waals surface area contributed by atoms with Crippen molar-refractivity contribution in [2.45, 2.75) is 26.8 Å². The molecule has 4 nitrogen and oxygen atoms in total. The van der Waals surface area contributed by atoms with Crippen molar-refractivity contribution < 1.29 is 9.53 Å². The molecule has 0 saturated heterocycles. The van der Waals surface area contributed by atoms with E-state index >= 15 is 0 Å². The molecule has 1 unspecified atom stereocenters. The summed E-state index contributed by atoms with van der Waals surface area (Å²) in [6.07, 6.45) is 0. The van der Waals surface area contributed by atoms with E-state index in [2.05, 4.69) is 5.32 Å². The molecule has 0 aliphatic carbocycles. The summed E-state index contributed by atoms with van der Waals surface area (Å²) >= 11 is 5.93. The van der Waals surface area contributed by atoms with Gasteiger partial charge in [0.2, 0.25) is 0 Å². The molecule has 0 fully saturated rings. The number of hydrogen-bond donors (Lipinski definition) is 2. The predicted octanol–water partition coefficient (Wildman–Crippen LogP) is 3.13. The summed E-state index contributed by atoms with van der Waals surface area (Å²) in [6.45, 7) is 6.03. The molecule has 3 N–H and O–H groups in total. The van der Waals surface area contributed by atoms with Gasteiger partial charge in [-0.1, -0.05) is 25.4 Å². The largest absolute Gasteiger partial charge is 0.496 e. The molecule has 0 aromatic heterocycles. The van der Waals surface area contributed by atoms with Crippen LogP contribution in [0.15, 0.2) is 12.1 Å². The Balaban J connectivity index is 0.00000324. The van der Waals surface area contributed by atoms with Gasteiger partial charge in [0.15, 0.2) is 0 Å². The average Bonchev–Trinajstić information content (AvgIpc) is 2.31. The first kappa shape index (κ1) is 17.9. The van der Waals surface area contributed by atoms with Crippen molar-refractivity contribution in [3.8, 4) is 5.75 Å². The number of nitrogens with one attached hydrogen (secondary N) is 1. The van der Waals surface area contributed by atoms with Gasteiger partial charge in [0.1, 0.15) is 5.75 Å². The van der Waals surface area contributed by atoms with Gasteiger partial charge in [-0.2, -0.15) is 0 Å². The molecule has 6 heteroatoms. The molecular formula is C13H20Cl2N2O2. The van der Waals surface area contributed by atoms with Crippen LogP contribution in [0.4, 0.5) is 5.69 Å². The quantitative estimate of drug-likeness (QED) is 0.840. The van der Waals surface area contributed by atoms with Crippen molar-refractivity contribution in [3.05, 3.63) is 22.7 Å². The minimum atomic E-state index is -0.213. The third kappa shape index (κ3) is 4.48. The molecule has 19 heavy (non-hydrogen) atoms. The normalized spacial score (nSPS) is 11.7. The maximum Gasteiger partial charge on any atom is 0.255 e. The summed E-state index contributed by atoms with van der Waals surface area (Å²) in [5.74, 6) is 0.560. The molecule has 0 aliphatic heterocycles. The third-order valence-electron chi connectivity index (χ3n) is 2.92. The summed E-state index contributed by atoms with van der Waals surface area (Å²) in [4.78, 5) is 12.1. The number of rotatable bonds is 4. The van der Waals surface area contributed by atoms with Gasteiger partial charge in [-0.3, -0.25) is 4.79 Å². The third-order valence-corrected chi connectivity index (χ3v) is 3.25. The summed E-state index contributed by atoms with van der Waals surface area (Å²) in [5.41, 5.74) is 6.45. The van der Waals surface area contributed by atoms with Gasteiger partial charge in [-0.05, 0) is 18.9 Å². The highest BCUT2D eigenvalue weighted by Crippen LogP contribution is 2.28. The Bertz CT molecular complexity index is 451.